The molecule has 0 radical (unpaired) electrons. The maximum atomic E-state index is 4.31. The van der Waals surface area contributed by atoms with Crippen LogP contribution in [0.4, 0.5) is 5.82 Å². The fraction of sp³-hybridized carbons (Fsp3) is 0.643. The molecule has 4 heteroatoms. The number of aromatic nitrogens is 1. The number of pyridine rings is 1. The molecule has 0 atom stereocenters. The SMILES string of the molecule is CCNc1cc(CN2CCN(CC)CC2)ccn1. The monoisotopic (exact) mass is 248 g/mol. The van der Waals surface area contributed by atoms with E-state index in [0.717, 1.165) is 18.9 Å². The Morgan fingerprint density at radius 1 is 1.17 bits per heavy atom. The zero-order valence-corrected chi connectivity index (χ0v) is 11.5. The first-order valence-electron chi connectivity index (χ1n) is 6.95. The second-order valence-electron chi connectivity index (χ2n) is 4.79. The number of rotatable bonds is 5. The highest BCUT2D eigenvalue weighted by Gasteiger charge is 2.15. The molecule has 1 aromatic rings. The minimum absolute atomic E-state index is 0.922. The van der Waals surface area contributed by atoms with Crippen molar-refractivity contribution in [3.63, 3.8) is 0 Å². The molecule has 0 unspecified atom stereocenters. The maximum Gasteiger partial charge on any atom is 0.126 e. The summed E-state index contributed by atoms with van der Waals surface area (Å²) in [5, 5.41) is 3.26. The molecule has 2 heterocycles. The highest BCUT2D eigenvalue weighted by atomic mass is 15.3. The van der Waals surface area contributed by atoms with Gasteiger partial charge in [-0.2, -0.15) is 0 Å². The van der Waals surface area contributed by atoms with Gasteiger partial charge in [-0.1, -0.05) is 6.92 Å². The van der Waals surface area contributed by atoms with Crippen molar-refractivity contribution in [2.75, 3.05) is 44.6 Å². The lowest BCUT2D eigenvalue weighted by Crippen LogP contribution is -2.45. The van der Waals surface area contributed by atoms with Crippen molar-refractivity contribution in [3.8, 4) is 0 Å². The van der Waals surface area contributed by atoms with Crippen LogP contribution in [0, 0.1) is 0 Å². The summed E-state index contributed by atoms with van der Waals surface area (Å²) < 4.78 is 0. The van der Waals surface area contributed by atoms with E-state index < -0.39 is 0 Å². The number of hydrogen-bond donors (Lipinski definition) is 1. The third-order valence-electron chi connectivity index (χ3n) is 3.50. The molecule has 18 heavy (non-hydrogen) atoms. The lowest BCUT2D eigenvalue weighted by atomic mass is 10.2. The van der Waals surface area contributed by atoms with Crippen molar-refractivity contribution < 1.29 is 0 Å². The Morgan fingerprint density at radius 3 is 2.56 bits per heavy atom. The average Bonchev–Trinajstić information content (AvgIpc) is 2.40. The Kier molecular flexibility index (Phi) is 4.96. The molecule has 1 N–H and O–H groups in total. The number of nitrogens with zero attached hydrogens (tertiary/aromatic N) is 3. The van der Waals surface area contributed by atoms with E-state index in [9.17, 15) is 0 Å². The van der Waals surface area contributed by atoms with Gasteiger partial charge in [-0.3, -0.25) is 4.90 Å². The highest BCUT2D eigenvalue weighted by Crippen LogP contribution is 2.11. The van der Waals surface area contributed by atoms with Gasteiger partial charge in [0.25, 0.3) is 0 Å². The molecule has 0 saturated carbocycles. The van der Waals surface area contributed by atoms with E-state index >= 15 is 0 Å². The van der Waals surface area contributed by atoms with Crippen molar-refractivity contribution in [1.29, 1.82) is 0 Å². The van der Waals surface area contributed by atoms with Gasteiger partial charge in [-0.15, -0.1) is 0 Å². The van der Waals surface area contributed by atoms with E-state index in [4.69, 9.17) is 0 Å². The molecule has 100 valence electrons. The topological polar surface area (TPSA) is 31.4 Å². The summed E-state index contributed by atoms with van der Waals surface area (Å²) in [4.78, 5) is 9.34. The van der Waals surface area contributed by atoms with Gasteiger partial charge in [0.05, 0.1) is 0 Å². The molecule has 0 amide bonds. The van der Waals surface area contributed by atoms with E-state index in [1.807, 2.05) is 6.20 Å². The first kappa shape index (κ1) is 13.3. The Morgan fingerprint density at radius 2 is 1.89 bits per heavy atom. The molecule has 1 saturated heterocycles. The van der Waals surface area contributed by atoms with Gasteiger partial charge in [-0.25, -0.2) is 4.98 Å². The quantitative estimate of drug-likeness (QED) is 0.858. The fourth-order valence-electron chi connectivity index (χ4n) is 2.37. The summed E-state index contributed by atoms with van der Waals surface area (Å²) in [5.74, 6) is 0.988. The van der Waals surface area contributed by atoms with Crippen LogP contribution < -0.4 is 5.32 Å². The van der Waals surface area contributed by atoms with Gasteiger partial charge in [0.2, 0.25) is 0 Å². The van der Waals surface area contributed by atoms with Crippen LogP contribution in [0.25, 0.3) is 0 Å². The van der Waals surface area contributed by atoms with E-state index in [1.54, 1.807) is 0 Å². The maximum absolute atomic E-state index is 4.31. The molecular weight excluding hydrogens is 224 g/mol. The van der Waals surface area contributed by atoms with Crippen LogP contribution in [0.1, 0.15) is 19.4 Å². The van der Waals surface area contributed by atoms with Crippen molar-refractivity contribution in [1.82, 2.24) is 14.8 Å². The van der Waals surface area contributed by atoms with Crippen LogP contribution >= 0.6 is 0 Å². The van der Waals surface area contributed by atoms with Gasteiger partial charge >= 0.3 is 0 Å². The molecule has 4 nitrogen and oxygen atoms in total. The van der Waals surface area contributed by atoms with Crippen molar-refractivity contribution in [3.05, 3.63) is 23.9 Å². The summed E-state index contributed by atoms with van der Waals surface area (Å²) in [6.45, 7) is 12.2. The lowest BCUT2D eigenvalue weighted by molar-refractivity contribution is 0.132. The largest absolute Gasteiger partial charge is 0.370 e. The summed E-state index contributed by atoms with van der Waals surface area (Å²) in [6, 6.07) is 4.28. The zero-order chi connectivity index (χ0) is 12.8. The number of anilines is 1. The number of nitrogens with one attached hydrogen (secondary N) is 1. The van der Waals surface area contributed by atoms with Crippen LogP contribution in [0.15, 0.2) is 18.3 Å². The Balaban J connectivity index is 1.87. The molecule has 1 aliphatic heterocycles. The summed E-state index contributed by atoms with van der Waals surface area (Å²) >= 11 is 0. The smallest absolute Gasteiger partial charge is 0.126 e. The van der Waals surface area contributed by atoms with Crippen LogP contribution in [0.5, 0.6) is 0 Å². The minimum Gasteiger partial charge on any atom is -0.370 e. The van der Waals surface area contributed by atoms with E-state index in [2.05, 4.69) is 46.1 Å². The number of likely N-dealkylation sites (N-methyl/N-ethyl adjacent to an activating group) is 1. The van der Waals surface area contributed by atoms with Crippen LogP contribution in [0.2, 0.25) is 0 Å². The first-order valence-corrected chi connectivity index (χ1v) is 6.95. The first-order chi connectivity index (χ1) is 8.81. The zero-order valence-electron chi connectivity index (χ0n) is 11.5. The average molecular weight is 248 g/mol. The second-order valence-corrected chi connectivity index (χ2v) is 4.79. The summed E-state index contributed by atoms with van der Waals surface area (Å²) in [5.41, 5.74) is 1.35. The van der Waals surface area contributed by atoms with Gasteiger partial charge in [0.15, 0.2) is 0 Å². The molecular formula is C14H24N4. The highest BCUT2D eigenvalue weighted by molar-refractivity contribution is 5.37. The second kappa shape index (κ2) is 6.71. The third kappa shape index (κ3) is 3.68. The van der Waals surface area contributed by atoms with E-state index in [1.165, 1.54) is 38.3 Å². The molecule has 0 spiro atoms. The Hall–Kier alpha value is -1.13. The third-order valence-corrected chi connectivity index (χ3v) is 3.50. The molecule has 1 aromatic heterocycles. The van der Waals surface area contributed by atoms with Crippen LogP contribution in [0.3, 0.4) is 0 Å². The van der Waals surface area contributed by atoms with Crippen LogP contribution in [-0.2, 0) is 6.54 Å². The predicted molar refractivity (Wildman–Crippen MR) is 75.8 cm³/mol. The standard InChI is InChI=1S/C14H24N4/c1-3-15-14-11-13(5-6-16-14)12-18-9-7-17(4-2)8-10-18/h5-6,11H,3-4,7-10,12H2,1-2H3,(H,15,16). The molecule has 2 rings (SSSR count). The van der Waals surface area contributed by atoms with Gasteiger partial charge in [-0.05, 0) is 31.2 Å². The Labute approximate surface area is 110 Å². The minimum atomic E-state index is 0.922. The van der Waals surface area contributed by atoms with E-state index in [-0.39, 0.29) is 0 Å². The number of piperazine rings is 1. The van der Waals surface area contributed by atoms with Crippen molar-refractivity contribution in [2.45, 2.75) is 20.4 Å². The van der Waals surface area contributed by atoms with Crippen LogP contribution in [-0.4, -0.2) is 54.1 Å². The van der Waals surface area contributed by atoms with Crippen molar-refractivity contribution >= 4 is 5.82 Å². The Bertz CT molecular complexity index is 359. The fourth-order valence-corrected chi connectivity index (χ4v) is 2.37. The number of hydrogen-bond acceptors (Lipinski definition) is 4. The van der Waals surface area contributed by atoms with Crippen molar-refractivity contribution in [2.24, 2.45) is 0 Å². The molecule has 0 aromatic carbocycles. The molecule has 1 aliphatic rings. The summed E-state index contributed by atoms with van der Waals surface area (Å²) in [6.07, 6.45) is 1.90. The molecule has 1 fully saturated rings. The summed E-state index contributed by atoms with van der Waals surface area (Å²) in [7, 11) is 0. The van der Waals surface area contributed by atoms with Gasteiger partial charge in [0.1, 0.15) is 5.82 Å². The molecule has 0 bridgehead atoms. The van der Waals surface area contributed by atoms with Gasteiger partial charge in [0, 0.05) is 45.5 Å². The molecule has 0 aliphatic carbocycles. The predicted octanol–water partition coefficient (Wildman–Crippen LogP) is 1.65. The van der Waals surface area contributed by atoms with E-state index in [0.29, 0.717) is 0 Å². The normalized spacial score (nSPS) is 17.9. The van der Waals surface area contributed by atoms with Gasteiger partial charge < -0.3 is 10.2 Å². The lowest BCUT2D eigenvalue weighted by Gasteiger charge is -2.34.